The number of urea groups is 1. The van der Waals surface area contributed by atoms with Gasteiger partial charge in [-0.25, -0.2) is 19.2 Å². The number of hydrogen-bond donors (Lipinski definition) is 5. The van der Waals surface area contributed by atoms with Crippen molar-refractivity contribution in [2.24, 2.45) is 11.5 Å². The molecule has 7 N–H and O–H groups in total. The van der Waals surface area contributed by atoms with Crippen LogP contribution < -0.4 is 11.5 Å². The van der Waals surface area contributed by atoms with E-state index in [1.807, 2.05) is 0 Å². The van der Waals surface area contributed by atoms with Crippen molar-refractivity contribution in [1.82, 2.24) is 0 Å². The van der Waals surface area contributed by atoms with E-state index in [1.54, 1.807) is 0 Å². The summed E-state index contributed by atoms with van der Waals surface area (Å²) >= 11 is 0. The highest BCUT2D eigenvalue weighted by molar-refractivity contribution is 5.73. The van der Waals surface area contributed by atoms with Crippen LogP contribution in [0.25, 0.3) is 0 Å². The van der Waals surface area contributed by atoms with Gasteiger partial charge in [-0.15, -0.1) is 0 Å². The zero-order valence-electron chi connectivity index (χ0n) is 11.0. The second kappa shape index (κ2) is 11.6. The molecule has 0 saturated heterocycles. The average Bonchev–Trinajstić information content (AvgIpc) is 2.25. The lowest BCUT2D eigenvalue weighted by Crippen LogP contribution is -2.21. The molecule has 0 aromatic heterocycles. The van der Waals surface area contributed by atoms with Crippen LogP contribution >= 0.6 is 0 Å². The predicted octanol–water partition coefficient (Wildman–Crippen LogP) is 0.924. The largest absolute Gasteiger partial charge is 0.490 e. The Balaban J connectivity index is -0.000000120. The molecule has 0 aromatic rings. The third-order valence-corrected chi connectivity index (χ3v) is 0.728. The molecular formula is C7H7F9N2O7. The highest BCUT2D eigenvalue weighted by atomic mass is 19.4. The number of carboxylic acids is 3. The molecule has 9 nitrogen and oxygen atoms in total. The summed E-state index contributed by atoms with van der Waals surface area (Å²) in [7, 11) is 0. The summed E-state index contributed by atoms with van der Waals surface area (Å²) in [6.45, 7) is 0. The van der Waals surface area contributed by atoms with Crippen molar-refractivity contribution in [2.75, 3.05) is 0 Å². The van der Waals surface area contributed by atoms with Crippen molar-refractivity contribution in [3.05, 3.63) is 0 Å². The van der Waals surface area contributed by atoms with Gasteiger partial charge in [0.15, 0.2) is 0 Å². The molecule has 0 fully saturated rings. The first kappa shape index (κ1) is 30.0. The number of primary amides is 2. The molecule has 0 radical (unpaired) electrons. The van der Waals surface area contributed by atoms with E-state index in [0.29, 0.717) is 0 Å². The van der Waals surface area contributed by atoms with Crippen LogP contribution in [0, 0.1) is 0 Å². The summed E-state index contributed by atoms with van der Waals surface area (Å²) in [5.74, 6) is -8.27. The summed E-state index contributed by atoms with van der Waals surface area (Å²) in [4.78, 5) is 35.7. The van der Waals surface area contributed by atoms with Gasteiger partial charge in [0.25, 0.3) is 0 Å². The zero-order chi connectivity index (χ0) is 21.8. The number of aliphatic carboxylic acids is 3. The topological polar surface area (TPSA) is 181 Å². The summed E-state index contributed by atoms with van der Waals surface area (Å²) in [5, 5.41) is 21.4. The number of carboxylic acid groups (broad SMARTS) is 3. The van der Waals surface area contributed by atoms with Crippen molar-refractivity contribution >= 4 is 23.9 Å². The number of amides is 2. The number of nitrogens with two attached hydrogens (primary N) is 2. The van der Waals surface area contributed by atoms with E-state index in [0.717, 1.165) is 0 Å². The van der Waals surface area contributed by atoms with Gasteiger partial charge < -0.3 is 26.8 Å². The molecule has 0 aliphatic carbocycles. The molecule has 25 heavy (non-hydrogen) atoms. The average molecular weight is 402 g/mol. The van der Waals surface area contributed by atoms with Crippen LogP contribution in [0.3, 0.4) is 0 Å². The Hall–Kier alpha value is -2.95. The molecule has 0 aromatic carbocycles. The minimum atomic E-state index is -5.08. The van der Waals surface area contributed by atoms with Gasteiger partial charge >= 0.3 is 42.5 Å². The van der Waals surface area contributed by atoms with E-state index in [9.17, 15) is 39.5 Å². The van der Waals surface area contributed by atoms with E-state index in [1.165, 1.54) is 0 Å². The Morgan fingerprint density at radius 1 is 0.520 bits per heavy atom. The van der Waals surface area contributed by atoms with Crippen molar-refractivity contribution in [3.63, 3.8) is 0 Å². The number of carbonyl (C=O) groups excluding carboxylic acids is 1. The van der Waals surface area contributed by atoms with Crippen molar-refractivity contribution in [1.29, 1.82) is 0 Å². The standard InChI is InChI=1S/3C2HF3O2.CH4N2O/c3*3-2(4,5)1(6)7;2-1(3)4/h3*(H,6,7);(H4,2,3,4). The number of rotatable bonds is 0. The fraction of sp³-hybridized carbons (Fsp3) is 0.429. The quantitative estimate of drug-likeness (QED) is 0.374. The molecule has 0 heterocycles. The molecule has 0 spiro atoms. The Morgan fingerprint density at radius 3 is 0.560 bits per heavy atom. The first-order valence-electron chi connectivity index (χ1n) is 4.52. The molecule has 0 rings (SSSR count). The van der Waals surface area contributed by atoms with Gasteiger partial charge in [-0.05, 0) is 0 Å². The minimum absolute atomic E-state index is 0.833. The third-order valence-electron chi connectivity index (χ3n) is 0.728. The molecule has 0 atom stereocenters. The molecule has 2 amide bonds. The maximum absolute atomic E-state index is 10.6. The van der Waals surface area contributed by atoms with Crippen LogP contribution in [-0.4, -0.2) is 57.8 Å². The minimum Gasteiger partial charge on any atom is -0.475 e. The van der Waals surface area contributed by atoms with E-state index in [4.69, 9.17) is 34.5 Å². The number of carbonyl (C=O) groups is 4. The lowest BCUT2D eigenvalue weighted by atomic mass is 10.7. The van der Waals surface area contributed by atoms with Gasteiger partial charge in [-0.2, -0.15) is 39.5 Å². The van der Waals surface area contributed by atoms with Gasteiger partial charge in [-0.1, -0.05) is 0 Å². The Bertz CT molecular complexity index is 394. The lowest BCUT2D eigenvalue weighted by Gasteiger charge is -1.93. The molecule has 0 unspecified atom stereocenters. The highest BCUT2D eigenvalue weighted by Gasteiger charge is 2.39. The van der Waals surface area contributed by atoms with Crippen molar-refractivity contribution in [2.45, 2.75) is 18.5 Å². The summed E-state index contributed by atoms with van der Waals surface area (Å²) in [5.41, 5.74) is 8.50. The number of alkyl halides is 9. The number of halogens is 9. The Kier molecular flexibility index (Phi) is 13.9. The van der Waals surface area contributed by atoms with Crippen LogP contribution in [0.4, 0.5) is 44.3 Å². The molecule has 18 heteroatoms. The lowest BCUT2D eigenvalue weighted by molar-refractivity contribution is -0.193. The second-order valence-electron chi connectivity index (χ2n) is 2.81. The Labute approximate surface area is 129 Å². The van der Waals surface area contributed by atoms with E-state index >= 15 is 0 Å². The zero-order valence-corrected chi connectivity index (χ0v) is 11.0. The highest BCUT2D eigenvalue weighted by Crippen LogP contribution is 2.14. The van der Waals surface area contributed by atoms with Crippen molar-refractivity contribution in [3.8, 4) is 0 Å². The molecule has 0 saturated carbocycles. The fourth-order valence-corrected chi connectivity index (χ4v) is 0. The maximum Gasteiger partial charge on any atom is 0.490 e. The van der Waals surface area contributed by atoms with E-state index in [-0.39, 0.29) is 0 Å². The molecular weight excluding hydrogens is 395 g/mol. The second-order valence-corrected chi connectivity index (χ2v) is 2.81. The van der Waals surface area contributed by atoms with E-state index in [2.05, 4.69) is 11.5 Å². The smallest absolute Gasteiger partial charge is 0.475 e. The maximum atomic E-state index is 10.6. The normalized spacial score (nSPS) is 10.4. The summed E-state index contributed by atoms with van der Waals surface area (Å²) < 4.78 is 95.2. The first-order chi connectivity index (χ1) is 10.6. The van der Waals surface area contributed by atoms with Crippen LogP contribution in [0.2, 0.25) is 0 Å². The van der Waals surface area contributed by atoms with E-state index < -0.39 is 42.5 Å². The molecule has 150 valence electrons. The van der Waals surface area contributed by atoms with Gasteiger partial charge in [0.2, 0.25) is 0 Å². The third kappa shape index (κ3) is 33.7. The Morgan fingerprint density at radius 2 is 0.560 bits per heavy atom. The van der Waals surface area contributed by atoms with Gasteiger partial charge in [0, 0.05) is 0 Å². The molecule has 0 aliphatic heterocycles. The molecule has 0 aliphatic rings. The van der Waals surface area contributed by atoms with Gasteiger partial charge in [0.05, 0.1) is 0 Å². The fourth-order valence-electron chi connectivity index (χ4n) is 0. The summed E-state index contributed by atoms with van der Waals surface area (Å²) in [6, 6.07) is -0.833. The van der Waals surface area contributed by atoms with Crippen LogP contribution in [0.1, 0.15) is 0 Å². The van der Waals surface area contributed by atoms with Crippen LogP contribution in [0.5, 0.6) is 0 Å². The van der Waals surface area contributed by atoms with Crippen LogP contribution in [0.15, 0.2) is 0 Å². The first-order valence-corrected chi connectivity index (χ1v) is 4.52. The van der Waals surface area contributed by atoms with Crippen molar-refractivity contribution < 1.29 is 74.0 Å². The monoisotopic (exact) mass is 402 g/mol. The number of hydrogen-bond acceptors (Lipinski definition) is 4. The van der Waals surface area contributed by atoms with Gasteiger partial charge in [-0.3, -0.25) is 0 Å². The predicted molar refractivity (Wildman–Crippen MR) is 54.8 cm³/mol. The SMILES string of the molecule is NC(N)=O.O=C(O)C(F)(F)F.O=C(O)C(F)(F)F.O=C(O)C(F)(F)F. The van der Waals surface area contributed by atoms with Crippen LogP contribution in [-0.2, 0) is 14.4 Å². The van der Waals surface area contributed by atoms with Gasteiger partial charge in [0.1, 0.15) is 0 Å². The molecule has 0 bridgehead atoms. The summed E-state index contributed by atoms with van der Waals surface area (Å²) in [6.07, 6.45) is -15.3.